The zero-order valence-electron chi connectivity index (χ0n) is 12.6. The van der Waals surface area contributed by atoms with E-state index in [4.69, 9.17) is 4.55 Å². The van der Waals surface area contributed by atoms with Gasteiger partial charge in [0.15, 0.2) is 0 Å². The summed E-state index contributed by atoms with van der Waals surface area (Å²) in [6, 6.07) is 0. The van der Waals surface area contributed by atoms with Crippen LogP contribution in [-0.2, 0) is 10.1 Å². The van der Waals surface area contributed by atoms with Crippen molar-refractivity contribution >= 4 is 47.9 Å². The molecule has 5 heteroatoms. The number of unbranched alkanes of at least 4 members (excludes halogenated alkanes) is 11. The van der Waals surface area contributed by atoms with E-state index in [9.17, 15) is 8.42 Å². The first-order chi connectivity index (χ1) is 8.56. The maximum absolute atomic E-state index is 10.5. The molecule has 0 amide bonds. The van der Waals surface area contributed by atoms with E-state index in [-0.39, 0.29) is 43.5 Å². The van der Waals surface area contributed by atoms with Gasteiger partial charge in [-0.25, -0.2) is 0 Å². The van der Waals surface area contributed by atoms with Gasteiger partial charge in [0.05, 0.1) is 5.75 Å². The third-order valence-corrected chi connectivity index (χ3v) is 4.06. The Morgan fingerprint density at radius 2 is 1.00 bits per heavy atom. The van der Waals surface area contributed by atoms with Crippen LogP contribution in [0.1, 0.15) is 84.0 Å². The summed E-state index contributed by atoms with van der Waals surface area (Å²) in [6.45, 7) is 2.24. The van der Waals surface area contributed by atoms with Crippen LogP contribution in [-0.4, -0.2) is 56.5 Å². The molecular formula is C14H30CaO3S. The largest absolute Gasteiger partial charge is 0.286 e. The van der Waals surface area contributed by atoms with Crippen molar-refractivity contribution in [2.24, 2.45) is 0 Å². The molecule has 0 aromatic rings. The van der Waals surface area contributed by atoms with Crippen LogP contribution in [0.5, 0.6) is 0 Å². The second-order valence-corrected chi connectivity index (χ2v) is 6.75. The van der Waals surface area contributed by atoms with Gasteiger partial charge in [-0.1, -0.05) is 77.6 Å². The van der Waals surface area contributed by atoms with Crippen LogP contribution in [0.3, 0.4) is 0 Å². The van der Waals surface area contributed by atoms with Crippen molar-refractivity contribution < 1.29 is 13.0 Å². The fourth-order valence-electron chi connectivity index (χ4n) is 2.13. The maximum atomic E-state index is 10.5. The second kappa shape index (κ2) is 15.6. The quantitative estimate of drug-likeness (QED) is 0.315. The van der Waals surface area contributed by atoms with Crippen LogP contribution in [0.4, 0.5) is 0 Å². The Labute approximate surface area is 149 Å². The molecule has 3 nitrogen and oxygen atoms in total. The molecule has 0 aromatic carbocycles. The zero-order valence-corrected chi connectivity index (χ0v) is 15.6. The van der Waals surface area contributed by atoms with Crippen molar-refractivity contribution in [3.63, 3.8) is 0 Å². The molecule has 0 fully saturated rings. The number of hydrogen-bond acceptors (Lipinski definition) is 2. The summed E-state index contributed by atoms with van der Waals surface area (Å²) in [5, 5.41) is 0. The van der Waals surface area contributed by atoms with Gasteiger partial charge >= 0.3 is 0 Å². The Hall–Kier alpha value is 1.17. The van der Waals surface area contributed by atoms with Crippen LogP contribution in [0.15, 0.2) is 0 Å². The van der Waals surface area contributed by atoms with E-state index in [1.165, 1.54) is 57.8 Å². The van der Waals surface area contributed by atoms with E-state index in [2.05, 4.69) is 6.92 Å². The van der Waals surface area contributed by atoms with E-state index < -0.39 is 10.1 Å². The number of rotatable bonds is 13. The van der Waals surface area contributed by atoms with Crippen LogP contribution in [0.2, 0.25) is 0 Å². The molecule has 2 radical (unpaired) electrons. The monoisotopic (exact) mass is 318 g/mol. The molecule has 0 aliphatic carbocycles. The summed E-state index contributed by atoms with van der Waals surface area (Å²) in [6.07, 6.45) is 14.5. The molecular weight excluding hydrogens is 288 g/mol. The van der Waals surface area contributed by atoms with Gasteiger partial charge in [0.25, 0.3) is 10.1 Å². The van der Waals surface area contributed by atoms with Gasteiger partial charge in [-0.15, -0.1) is 0 Å². The van der Waals surface area contributed by atoms with E-state index in [1.54, 1.807) is 0 Å². The van der Waals surface area contributed by atoms with Gasteiger partial charge in [0, 0.05) is 37.7 Å². The van der Waals surface area contributed by atoms with Gasteiger partial charge in [0.2, 0.25) is 0 Å². The van der Waals surface area contributed by atoms with Crippen molar-refractivity contribution in [3.05, 3.63) is 0 Å². The Bertz CT molecular complexity index is 266. The summed E-state index contributed by atoms with van der Waals surface area (Å²) >= 11 is 0. The Balaban J connectivity index is 0. The van der Waals surface area contributed by atoms with Gasteiger partial charge in [-0.2, -0.15) is 8.42 Å². The first-order valence-electron chi connectivity index (χ1n) is 7.51. The predicted molar refractivity (Wildman–Crippen MR) is 83.2 cm³/mol. The van der Waals surface area contributed by atoms with Crippen molar-refractivity contribution in [1.29, 1.82) is 0 Å². The van der Waals surface area contributed by atoms with E-state index >= 15 is 0 Å². The topological polar surface area (TPSA) is 54.4 Å². The van der Waals surface area contributed by atoms with Gasteiger partial charge in [-0.3, -0.25) is 4.55 Å². The minimum Gasteiger partial charge on any atom is -0.286 e. The first-order valence-corrected chi connectivity index (χ1v) is 9.12. The van der Waals surface area contributed by atoms with Crippen LogP contribution in [0, 0.1) is 0 Å². The maximum Gasteiger partial charge on any atom is 0.264 e. The molecule has 0 unspecified atom stereocenters. The zero-order chi connectivity index (χ0) is 13.7. The summed E-state index contributed by atoms with van der Waals surface area (Å²) in [5.41, 5.74) is 0. The molecule has 0 atom stereocenters. The molecule has 0 heterocycles. The molecule has 112 valence electrons. The molecule has 0 bridgehead atoms. The summed E-state index contributed by atoms with van der Waals surface area (Å²) in [7, 11) is -3.74. The second-order valence-electron chi connectivity index (χ2n) is 5.18. The summed E-state index contributed by atoms with van der Waals surface area (Å²) < 4.78 is 29.5. The minimum atomic E-state index is -3.74. The summed E-state index contributed by atoms with van der Waals surface area (Å²) in [5.74, 6) is -0.0789. The van der Waals surface area contributed by atoms with Crippen molar-refractivity contribution in [2.45, 2.75) is 84.0 Å². The van der Waals surface area contributed by atoms with E-state index in [0.29, 0.717) is 6.42 Å². The van der Waals surface area contributed by atoms with Gasteiger partial charge < -0.3 is 0 Å². The van der Waals surface area contributed by atoms with E-state index in [1.807, 2.05) is 0 Å². The van der Waals surface area contributed by atoms with Crippen molar-refractivity contribution in [2.75, 3.05) is 5.75 Å². The molecule has 1 N–H and O–H groups in total. The third kappa shape index (κ3) is 21.6. The standard InChI is InChI=1S/C14H30O3S.Ca/c1-2-3-4-5-6-7-8-9-10-11-12-13-14-18(15,16)17;/h2-14H2,1H3,(H,15,16,17);. The van der Waals surface area contributed by atoms with Crippen LogP contribution >= 0.6 is 0 Å². The molecule has 19 heavy (non-hydrogen) atoms. The van der Waals surface area contributed by atoms with Gasteiger partial charge in [0.1, 0.15) is 0 Å². The molecule has 0 saturated carbocycles. The molecule has 0 aromatic heterocycles. The smallest absolute Gasteiger partial charge is 0.264 e. The first kappa shape index (κ1) is 22.5. The van der Waals surface area contributed by atoms with Crippen molar-refractivity contribution in [1.82, 2.24) is 0 Å². The Morgan fingerprint density at radius 3 is 1.32 bits per heavy atom. The number of hydrogen-bond donors (Lipinski definition) is 1. The summed E-state index contributed by atoms with van der Waals surface area (Å²) in [4.78, 5) is 0. The van der Waals surface area contributed by atoms with Crippen LogP contribution < -0.4 is 0 Å². The fraction of sp³-hybridized carbons (Fsp3) is 1.00. The molecule has 0 rings (SSSR count). The molecule has 0 aliphatic heterocycles. The van der Waals surface area contributed by atoms with Crippen LogP contribution in [0.25, 0.3) is 0 Å². The Kier molecular flexibility index (Phi) is 18.4. The average molecular weight is 319 g/mol. The molecule has 0 spiro atoms. The van der Waals surface area contributed by atoms with E-state index in [0.717, 1.165) is 12.8 Å². The van der Waals surface area contributed by atoms with Crippen molar-refractivity contribution in [3.8, 4) is 0 Å². The van der Waals surface area contributed by atoms with Gasteiger partial charge in [-0.05, 0) is 6.42 Å². The SMILES string of the molecule is CCCCCCCCCCCCCCS(=O)(=O)O.[Ca]. The third-order valence-electron chi connectivity index (χ3n) is 3.26. The normalized spacial score (nSPS) is 11.3. The fourth-order valence-corrected chi connectivity index (χ4v) is 2.69. The minimum absolute atomic E-state index is 0. The molecule has 0 aliphatic rings. The molecule has 0 saturated heterocycles. The average Bonchev–Trinajstić information content (AvgIpc) is 2.29. The Morgan fingerprint density at radius 1 is 0.684 bits per heavy atom. The predicted octanol–water partition coefficient (Wildman–Crippen LogP) is 4.19.